The van der Waals surface area contributed by atoms with Crippen LogP contribution in [0.3, 0.4) is 0 Å². The molecule has 1 aromatic rings. The first kappa shape index (κ1) is 25.1. The molecule has 0 radical (unpaired) electrons. The van der Waals surface area contributed by atoms with Gasteiger partial charge in [0.1, 0.15) is 17.3 Å². The number of rotatable bonds is 11. The maximum atomic E-state index is 13.5. The second-order valence-corrected chi connectivity index (χ2v) is 8.84. The molecular weight excluding hydrogens is 421 g/mol. The van der Waals surface area contributed by atoms with Gasteiger partial charge in [-0.3, -0.25) is 4.79 Å². The summed E-state index contributed by atoms with van der Waals surface area (Å²) in [6.07, 6.45) is 4.29. The van der Waals surface area contributed by atoms with Crippen LogP contribution in [0, 0.1) is 5.82 Å². The van der Waals surface area contributed by atoms with E-state index in [0.29, 0.717) is 23.8 Å². The van der Waals surface area contributed by atoms with Crippen molar-refractivity contribution in [3.05, 3.63) is 47.2 Å². The van der Waals surface area contributed by atoms with E-state index < -0.39 is 0 Å². The maximum absolute atomic E-state index is 13.5. The number of nitrogens with one attached hydrogen (secondary N) is 2. The second kappa shape index (κ2) is 12.0. The standard InChI is InChI=1S/C25H36FN5O2/c1-17(19-7-9-20(26)10-8-19)23(24(27-3)28-11-14-31-12-5-6-13-31)29-18(2)25(32)30-21-15-22(16-21)33-4/h7-10,17,21-22,28H,3,5-6,11-16H2,1-2,4H3,(H,30,32)/b24-23+,29-18+/t17-,21-,22+/m1/s1. The average Bonchev–Trinajstić information content (AvgIpc) is 3.31. The van der Waals surface area contributed by atoms with Crippen LogP contribution in [0.2, 0.25) is 0 Å². The van der Waals surface area contributed by atoms with E-state index in [9.17, 15) is 9.18 Å². The fraction of sp³-hybridized carbons (Fsp3) is 0.560. The molecule has 180 valence electrons. The molecule has 1 aromatic carbocycles. The molecule has 1 aliphatic carbocycles. The van der Waals surface area contributed by atoms with Crippen LogP contribution in [0.1, 0.15) is 51.0 Å². The lowest BCUT2D eigenvalue weighted by molar-refractivity contribution is -0.117. The minimum Gasteiger partial charge on any atom is -0.381 e. The molecule has 0 bridgehead atoms. The van der Waals surface area contributed by atoms with Gasteiger partial charge in [-0.2, -0.15) is 0 Å². The number of amides is 1. The molecule has 1 saturated heterocycles. The van der Waals surface area contributed by atoms with Crippen LogP contribution >= 0.6 is 0 Å². The molecule has 2 fully saturated rings. The molecule has 8 heteroatoms. The number of halogens is 1. The Hall–Kier alpha value is -2.58. The fourth-order valence-electron chi connectivity index (χ4n) is 4.23. The van der Waals surface area contributed by atoms with Crippen LogP contribution in [0.4, 0.5) is 4.39 Å². The fourth-order valence-corrected chi connectivity index (χ4v) is 4.23. The Balaban J connectivity index is 1.78. The van der Waals surface area contributed by atoms with Gasteiger partial charge >= 0.3 is 0 Å². The number of allylic oxidation sites excluding steroid dienone is 1. The van der Waals surface area contributed by atoms with E-state index in [1.807, 2.05) is 6.92 Å². The number of ether oxygens (including phenoxy) is 1. The molecule has 0 spiro atoms. The minimum atomic E-state index is -0.295. The first-order valence-electron chi connectivity index (χ1n) is 11.7. The number of likely N-dealkylation sites (tertiary alicyclic amines) is 1. The van der Waals surface area contributed by atoms with E-state index >= 15 is 0 Å². The number of carbonyl (C=O) groups excluding carboxylic acids is 1. The van der Waals surface area contributed by atoms with Crippen molar-refractivity contribution in [2.75, 3.05) is 33.3 Å². The van der Waals surface area contributed by atoms with Crippen molar-refractivity contribution >= 4 is 18.3 Å². The van der Waals surface area contributed by atoms with Crippen LogP contribution in [0.15, 0.2) is 45.8 Å². The van der Waals surface area contributed by atoms with Gasteiger partial charge in [-0.05, 0) is 70.1 Å². The van der Waals surface area contributed by atoms with Crippen molar-refractivity contribution in [2.24, 2.45) is 9.98 Å². The third kappa shape index (κ3) is 6.95. The molecule has 7 nitrogen and oxygen atoms in total. The van der Waals surface area contributed by atoms with Crippen LogP contribution in [0.5, 0.6) is 0 Å². The van der Waals surface area contributed by atoms with Gasteiger partial charge in [-0.1, -0.05) is 19.1 Å². The van der Waals surface area contributed by atoms with Crippen molar-refractivity contribution in [3.63, 3.8) is 0 Å². The summed E-state index contributed by atoms with van der Waals surface area (Å²) in [6, 6.07) is 6.42. The van der Waals surface area contributed by atoms with E-state index in [-0.39, 0.29) is 29.8 Å². The Morgan fingerprint density at radius 3 is 2.55 bits per heavy atom. The summed E-state index contributed by atoms with van der Waals surface area (Å²) < 4.78 is 18.8. The lowest BCUT2D eigenvalue weighted by Gasteiger charge is -2.34. The summed E-state index contributed by atoms with van der Waals surface area (Å²) in [5, 5.41) is 6.37. The van der Waals surface area contributed by atoms with Crippen LogP contribution < -0.4 is 10.6 Å². The number of aliphatic imine (C=N–C) groups is 2. The zero-order chi connectivity index (χ0) is 23.8. The van der Waals surface area contributed by atoms with Gasteiger partial charge in [0.25, 0.3) is 5.91 Å². The Morgan fingerprint density at radius 2 is 1.94 bits per heavy atom. The van der Waals surface area contributed by atoms with E-state index in [0.717, 1.165) is 38.0 Å². The SMILES string of the molecule is C=N/C(NCCN1CCCC1)=C(\N=C(/C)C(=O)N[C@H]1C[C@@H](OC)C1)[C@H](C)c1ccc(F)cc1. The van der Waals surface area contributed by atoms with Gasteiger partial charge in [0.15, 0.2) is 0 Å². The monoisotopic (exact) mass is 457 g/mol. The highest BCUT2D eigenvalue weighted by Gasteiger charge is 2.30. The lowest BCUT2D eigenvalue weighted by atomic mass is 9.89. The number of methoxy groups -OCH3 is 1. The highest BCUT2D eigenvalue weighted by atomic mass is 19.1. The van der Waals surface area contributed by atoms with Gasteiger partial charge in [-0.15, -0.1) is 0 Å². The van der Waals surface area contributed by atoms with Crippen LogP contribution in [-0.2, 0) is 9.53 Å². The van der Waals surface area contributed by atoms with Gasteiger partial charge in [-0.25, -0.2) is 14.4 Å². The Bertz CT molecular complexity index is 871. The van der Waals surface area contributed by atoms with Gasteiger partial charge in [0.05, 0.1) is 11.8 Å². The molecule has 2 aliphatic rings. The maximum Gasteiger partial charge on any atom is 0.265 e. The first-order valence-corrected chi connectivity index (χ1v) is 11.7. The molecule has 1 saturated carbocycles. The highest BCUT2D eigenvalue weighted by Crippen LogP contribution is 2.28. The summed E-state index contributed by atoms with van der Waals surface area (Å²) in [7, 11) is 1.68. The lowest BCUT2D eigenvalue weighted by Crippen LogP contribution is -2.49. The van der Waals surface area contributed by atoms with E-state index in [4.69, 9.17) is 9.73 Å². The minimum absolute atomic E-state index is 0.102. The summed E-state index contributed by atoms with van der Waals surface area (Å²) in [6.45, 7) is 11.2. The molecule has 0 unspecified atom stereocenters. The molecule has 2 N–H and O–H groups in total. The van der Waals surface area contributed by atoms with E-state index in [1.165, 1.54) is 25.0 Å². The molecule has 1 amide bonds. The zero-order valence-corrected chi connectivity index (χ0v) is 19.9. The summed E-state index contributed by atoms with van der Waals surface area (Å²) in [4.78, 5) is 24.1. The predicted molar refractivity (Wildman–Crippen MR) is 130 cm³/mol. The first-order chi connectivity index (χ1) is 15.9. The molecule has 1 heterocycles. The molecule has 3 rings (SSSR count). The number of nitrogens with zero attached hydrogens (tertiary/aromatic N) is 3. The number of hydrogen-bond donors (Lipinski definition) is 2. The van der Waals surface area contributed by atoms with Crippen LogP contribution in [-0.4, -0.2) is 68.7 Å². The van der Waals surface area contributed by atoms with E-state index in [1.54, 1.807) is 26.2 Å². The third-order valence-corrected chi connectivity index (χ3v) is 6.48. The van der Waals surface area contributed by atoms with Crippen molar-refractivity contribution in [1.82, 2.24) is 15.5 Å². The Labute approximate surface area is 196 Å². The topological polar surface area (TPSA) is 78.3 Å². The molecule has 0 aromatic heterocycles. The smallest absolute Gasteiger partial charge is 0.265 e. The second-order valence-electron chi connectivity index (χ2n) is 8.84. The van der Waals surface area contributed by atoms with Gasteiger partial charge in [0, 0.05) is 32.2 Å². The van der Waals surface area contributed by atoms with Crippen molar-refractivity contribution in [3.8, 4) is 0 Å². The van der Waals surface area contributed by atoms with Gasteiger partial charge in [0.2, 0.25) is 0 Å². The summed E-state index contributed by atoms with van der Waals surface area (Å²) in [5.41, 5.74) is 1.84. The molecule has 1 aliphatic heterocycles. The number of hydrogen-bond acceptors (Lipinski definition) is 6. The quantitative estimate of drug-likeness (QED) is 0.500. The zero-order valence-electron chi connectivity index (χ0n) is 19.9. The average molecular weight is 458 g/mol. The van der Waals surface area contributed by atoms with Crippen LogP contribution in [0.25, 0.3) is 0 Å². The highest BCUT2D eigenvalue weighted by molar-refractivity contribution is 6.38. The van der Waals surface area contributed by atoms with Crippen molar-refractivity contribution in [1.29, 1.82) is 0 Å². The molecule has 1 atom stereocenters. The van der Waals surface area contributed by atoms with Gasteiger partial charge < -0.3 is 20.3 Å². The predicted octanol–water partition coefficient (Wildman–Crippen LogP) is 3.24. The molecule has 33 heavy (non-hydrogen) atoms. The normalized spacial score (nSPS) is 22.8. The number of carbonyl (C=O) groups is 1. The van der Waals surface area contributed by atoms with E-state index in [2.05, 4.69) is 27.2 Å². The number of benzene rings is 1. The third-order valence-electron chi connectivity index (χ3n) is 6.48. The summed E-state index contributed by atoms with van der Waals surface area (Å²) in [5.74, 6) is -0.175. The Kier molecular flexibility index (Phi) is 9.14. The van der Waals surface area contributed by atoms with Crippen molar-refractivity contribution in [2.45, 2.75) is 57.6 Å². The molecular formula is C25H36FN5O2. The summed E-state index contributed by atoms with van der Waals surface area (Å²) >= 11 is 0. The largest absolute Gasteiger partial charge is 0.381 e. The Morgan fingerprint density at radius 1 is 1.27 bits per heavy atom. The van der Waals surface area contributed by atoms with Crippen molar-refractivity contribution < 1.29 is 13.9 Å².